The van der Waals surface area contributed by atoms with Crippen LogP contribution in [0.3, 0.4) is 0 Å². The molecule has 0 atom stereocenters. The van der Waals surface area contributed by atoms with E-state index in [1.807, 2.05) is 0 Å². The van der Waals surface area contributed by atoms with Gasteiger partial charge in [0.1, 0.15) is 0 Å². The first-order valence-corrected chi connectivity index (χ1v) is 15.4. The summed E-state index contributed by atoms with van der Waals surface area (Å²) in [6.07, 6.45) is 0. The molecule has 0 bridgehead atoms. The van der Waals surface area contributed by atoms with Crippen LogP contribution in [0.2, 0.25) is 0 Å². The zero-order valence-electron chi connectivity index (χ0n) is 24.8. The van der Waals surface area contributed by atoms with E-state index < -0.39 is 0 Å². The van der Waals surface area contributed by atoms with Crippen molar-refractivity contribution in [3.63, 3.8) is 0 Å². The summed E-state index contributed by atoms with van der Waals surface area (Å²) in [7, 11) is 0. The fourth-order valence-corrected chi connectivity index (χ4v) is 6.38. The van der Waals surface area contributed by atoms with Gasteiger partial charge in [-0.15, -0.1) is 0 Å². The minimum Gasteiger partial charge on any atom is -0.309 e. The summed E-state index contributed by atoms with van der Waals surface area (Å²) >= 11 is 0. The maximum atomic E-state index is 2.44. The quantitative estimate of drug-likeness (QED) is 0.191. The fourth-order valence-electron chi connectivity index (χ4n) is 6.38. The van der Waals surface area contributed by atoms with Crippen molar-refractivity contribution >= 4 is 38.6 Å². The minimum atomic E-state index is 1.11. The van der Waals surface area contributed by atoms with E-state index in [2.05, 4.69) is 193 Å². The molecule has 0 amide bonds. The Kier molecular flexibility index (Phi) is 6.90. The third-order valence-corrected chi connectivity index (χ3v) is 8.63. The van der Waals surface area contributed by atoms with Crippen molar-refractivity contribution in [3.8, 4) is 33.4 Å². The van der Waals surface area contributed by atoms with Crippen LogP contribution in [-0.4, -0.2) is 0 Å². The summed E-state index contributed by atoms with van der Waals surface area (Å²) in [4.78, 5) is 2.44. The van der Waals surface area contributed by atoms with Gasteiger partial charge in [0.25, 0.3) is 0 Å². The van der Waals surface area contributed by atoms with E-state index in [-0.39, 0.29) is 0 Å². The highest BCUT2D eigenvalue weighted by atomic mass is 15.1. The van der Waals surface area contributed by atoms with Gasteiger partial charge in [-0.1, -0.05) is 152 Å². The third-order valence-electron chi connectivity index (χ3n) is 8.63. The van der Waals surface area contributed by atoms with Crippen molar-refractivity contribution in [2.75, 3.05) is 4.90 Å². The first-order valence-electron chi connectivity index (χ1n) is 15.4. The molecule has 0 saturated heterocycles. The van der Waals surface area contributed by atoms with E-state index >= 15 is 0 Å². The number of para-hydroxylation sites is 1. The molecule has 45 heavy (non-hydrogen) atoms. The van der Waals surface area contributed by atoms with Gasteiger partial charge in [-0.05, 0) is 80.4 Å². The van der Waals surface area contributed by atoms with Crippen molar-refractivity contribution < 1.29 is 0 Å². The lowest BCUT2D eigenvalue weighted by Crippen LogP contribution is -2.12. The number of anilines is 3. The zero-order chi connectivity index (χ0) is 30.0. The Labute approximate surface area is 264 Å². The Hall–Kier alpha value is -5.92. The molecule has 0 fully saturated rings. The highest BCUT2D eigenvalue weighted by Crippen LogP contribution is 2.45. The average Bonchev–Trinajstić information content (AvgIpc) is 3.13. The Morgan fingerprint density at radius 2 is 0.822 bits per heavy atom. The molecular weight excluding hydrogens is 542 g/mol. The molecule has 0 aliphatic carbocycles. The van der Waals surface area contributed by atoms with Crippen LogP contribution in [0.1, 0.15) is 0 Å². The summed E-state index contributed by atoms with van der Waals surface area (Å²) in [6.45, 7) is 0. The van der Waals surface area contributed by atoms with Gasteiger partial charge in [0.05, 0.1) is 11.4 Å². The smallest absolute Gasteiger partial charge is 0.0546 e. The fraction of sp³-hybridized carbons (Fsp3) is 0. The van der Waals surface area contributed by atoms with E-state index in [4.69, 9.17) is 0 Å². The maximum Gasteiger partial charge on any atom is 0.0546 e. The van der Waals surface area contributed by atoms with E-state index in [1.54, 1.807) is 0 Å². The molecule has 0 radical (unpaired) electrons. The van der Waals surface area contributed by atoms with E-state index in [0.29, 0.717) is 0 Å². The molecule has 8 aromatic carbocycles. The lowest BCUT2D eigenvalue weighted by molar-refractivity contribution is 1.30. The molecule has 8 aromatic rings. The van der Waals surface area contributed by atoms with Crippen molar-refractivity contribution in [3.05, 3.63) is 188 Å². The van der Waals surface area contributed by atoms with Crippen molar-refractivity contribution in [2.45, 2.75) is 0 Å². The molecule has 0 aliphatic heterocycles. The summed E-state index contributed by atoms with van der Waals surface area (Å²) in [5.74, 6) is 0. The number of hydrogen-bond acceptors (Lipinski definition) is 1. The molecular formula is C44H31N. The Bertz CT molecular complexity index is 2250. The second kappa shape index (κ2) is 11.6. The largest absolute Gasteiger partial charge is 0.309 e. The first-order chi connectivity index (χ1) is 22.3. The molecule has 0 heterocycles. The maximum absolute atomic E-state index is 2.44. The second-order valence-electron chi connectivity index (χ2n) is 11.4. The molecule has 0 spiro atoms. The van der Waals surface area contributed by atoms with Crippen molar-refractivity contribution in [2.24, 2.45) is 0 Å². The van der Waals surface area contributed by atoms with Gasteiger partial charge < -0.3 is 4.90 Å². The number of hydrogen-bond donors (Lipinski definition) is 0. The molecule has 0 unspecified atom stereocenters. The number of rotatable bonds is 6. The van der Waals surface area contributed by atoms with Gasteiger partial charge in [0.2, 0.25) is 0 Å². The second-order valence-corrected chi connectivity index (χ2v) is 11.4. The molecule has 212 valence electrons. The van der Waals surface area contributed by atoms with Crippen LogP contribution in [0, 0.1) is 0 Å². The van der Waals surface area contributed by atoms with Crippen LogP contribution in [0.25, 0.3) is 54.9 Å². The van der Waals surface area contributed by atoms with Crippen LogP contribution in [0.5, 0.6) is 0 Å². The van der Waals surface area contributed by atoms with Crippen molar-refractivity contribution in [1.82, 2.24) is 0 Å². The van der Waals surface area contributed by atoms with Crippen molar-refractivity contribution in [1.29, 1.82) is 0 Å². The molecule has 1 nitrogen and oxygen atoms in total. The standard InChI is InChI=1S/C44H31N/c1-3-13-32(14-4-1)35-25-27-40(28-26-35)45(43-22-12-11-20-41(43)38-24-23-34-17-7-8-18-36(34)29-38)44-31-39(33-15-5-2-6-16-33)30-37-19-9-10-21-42(37)44/h1-31H. The molecule has 0 aromatic heterocycles. The number of fused-ring (bicyclic) bond motifs is 2. The molecule has 0 N–H and O–H groups in total. The van der Waals surface area contributed by atoms with Crippen LogP contribution in [0.15, 0.2) is 188 Å². The van der Waals surface area contributed by atoms with Gasteiger partial charge in [0, 0.05) is 16.6 Å². The highest BCUT2D eigenvalue weighted by molar-refractivity contribution is 6.04. The zero-order valence-corrected chi connectivity index (χ0v) is 24.8. The average molecular weight is 574 g/mol. The summed E-state index contributed by atoms with van der Waals surface area (Å²) in [6, 6.07) is 67.8. The lowest BCUT2D eigenvalue weighted by Gasteiger charge is -2.30. The molecule has 0 saturated carbocycles. The van der Waals surface area contributed by atoms with E-state index in [0.717, 1.165) is 17.1 Å². The first kappa shape index (κ1) is 26.7. The van der Waals surface area contributed by atoms with Crippen LogP contribution in [-0.2, 0) is 0 Å². The molecule has 0 aliphatic rings. The Morgan fingerprint density at radius 1 is 0.289 bits per heavy atom. The topological polar surface area (TPSA) is 3.24 Å². The Balaban J connectivity index is 1.38. The van der Waals surface area contributed by atoms with Gasteiger partial charge in [0.15, 0.2) is 0 Å². The lowest BCUT2D eigenvalue weighted by atomic mass is 9.96. The van der Waals surface area contributed by atoms with E-state index in [9.17, 15) is 0 Å². The number of benzene rings is 8. The molecule has 8 rings (SSSR count). The predicted octanol–water partition coefficient (Wildman–Crippen LogP) is 12.5. The summed E-state index contributed by atoms with van der Waals surface area (Å²) < 4.78 is 0. The van der Waals surface area contributed by atoms with Gasteiger partial charge in [-0.2, -0.15) is 0 Å². The Morgan fingerprint density at radius 3 is 1.58 bits per heavy atom. The summed E-state index contributed by atoms with van der Waals surface area (Å²) in [5.41, 5.74) is 10.6. The highest BCUT2D eigenvalue weighted by Gasteiger charge is 2.20. The number of nitrogens with zero attached hydrogens (tertiary/aromatic N) is 1. The van der Waals surface area contributed by atoms with Gasteiger partial charge in [-0.25, -0.2) is 0 Å². The molecule has 1 heteroatoms. The third kappa shape index (κ3) is 5.15. The van der Waals surface area contributed by atoms with Crippen LogP contribution in [0.4, 0.5) is 17.1 Å². The monoisotopic (exact) mass is 573 g/mol. The van der Waals surface area contributed by atoms with Crippen LogP contribution < -0.4 is 4.90 Å². The van der Waals surface area contributed by atoms with E-state index in [1.165, 1.54) is 54.9 Å². The van der Waals surface area contributed by atoms with Gasteiger partial charge >= 0.3 is 0 Å². The normalized spacial score (nSPS) is 11.1. The SMILES string of the molecule is c1ccc(-c2ccc(N(c3ccccc3-c3ccc4ccccc4c3)c3cc(-c4ccccc4)cc4ccccc34)cc2)cc1. The summed E-state index contributed by atoms with van der Waals surface area (Å²) in [5, 5.41) is 4.90. The minimum absolute atomic E-state index is 1.11. The predicted molar refractivity (Wildman–Crippen MR) is 192 cm³/mol. The van der Waals surface area contributed by atoms with Crippen LogP contribution >= 0.6 is 0 Å². The van der Waals surface area contributed by atoms with Gasteiger partial charge in [-0.3, -0.25) is 0 Å².